The molecule has 23 heavy (non-hydrogen) atoms. The molecule has 0 aromatic heterocycles. The number of carbonyl (C=O) groups is 2. The number of phenolic OH excluding ortho intramolecular Hbond substituents is 1. The van der Waals surface area contributed by atoms with Crippen LogP contribution in [-0.4, -0.2) is 42.4 Å². The van der Waals surface area contributed by atoms with Gasteiger partial charge in [-0.1, -0.05) is 0 Å². The number of aromatic hydroxyl groups is 1. The predicted octanol–water partition coefficient (Wildman–Crippen LogP) is 0.420. The first-order chi connectivity index (χ1) is 11.1. The van der Waals surface area contributed by atoms with Crippen molar-refractivity contribution in [2.75, 3.05) is 18.0 Å². The fourth-order valence-electron chi connectivity index (χ4n) is 2.16. The van der Waals surface area contributed by atoms with Gasteiger partial charge in [-0.3, -0.25) is 9.59 Å². The Morgan fingerprint density at radius 3 is 2.78 bits per heavy atom. The maximum absolute atomic E-state index is 11.7. The molecular formula is C15H19N5O3. The molecule has 0 spiro atoms. The number of anilines is 1. The summed E-state index contributed by atoms with van der Waals surface area (Å²) < 4.78 is 0. The molecular weight excluding hydrogens is 298 g/mol. The van der Waals surface area contributed by atoms with E-state index in [4.69, 9.17) is 0 Å². The van der Waals surface area contributed by atoms with Crippen LogP contribution in [0.15, 0.2) is 28.4 Å². The maximum atomic E-state index is 11.7. The van der Waals surface area contributed by atoms with Crippen LogP contribution in [0, 0.1) is 5.92 Å². The van der Waals surface area contributed by atoms with Gasteiger partial charge in [-0.25, -0.2) is 10.9 Å². The number of hydrazone groups is 2. The molecule has 1 aliphatic rings. The van der Waals surface area contributed by atoms with Crippen molar-refractivity contribution in [3.05, 3.63) is 23.8 Å². The molecule has 1 aromatic carbocycles. The van der Waals surface area contributed by atoms with Gasteiger partial charge in [0.05, 0.1) is 6.21 Å². The first-order valence-electron chi connectivity index (χ1n) is 7.30. The van der Waals surface area contributed by atoms with Gasteiger partial charge >= 0.3 is 0 Å². The third kappa shape index (κ3) is 3.85. The zero-order valence-corrected chi connectivity index (χ0v) is 13.0. The van der Waals surface area contributed by atoms with Gasteiger partial charge in [-0.05, 0) is 26.0 Å². The number of nitrogens with one attached hydrogen (secondary N) is 2. The van der Waals surface area contributed by atoms with Gasteiger partial charge in [-0.15, -0.1) is 0 Å². The topological polar surface area (TPSA) is 106 Å². The minimum Gasteiger partial charge on any atom is -0.507 e. The average Bonchev–Trinajstić information content (AvgIpc) is 2.96. The number of carbonyl (C=O) groups excluding carboxylic acids is 2. The summed E-state index contributed by atoms with van der Waals surface area (Å²) in [5.74, 6) is -2.00. The van der Waals surface area contributed by atoms with Gasteiger partial charge in [-0.2, -0.15) is 10.2 Å². The van der Waals surface area contributed by atoms with Crippen LogP contribution in [0.2, 0.25) is 0 Å². The molecule has 3 N–H and O–H groups in total. The highest BCUT2D eigenvalue weighted by molar-refractivity contribution is 6.15. The highest BCUT2D eigenvalue weighted by Gasteiger charge is 2.28. The van der Waals surface area contributed by atoms with Crippen molar-refractivity contribution in [1.82, 2.24) is 10.9 Å². The Hall–Kier alpha value is -2.90. The summed E-state index contributed by atoms with van der Waals surface area (Å²) in [7, 11) is 0. The fourth-order valence-corrected chi connectivity index (χ4v) is 2.16. The predicted molar refractivity (Wildman–Crippen MR) is 87.5 cm³/mol. The third-order valence-electron chi connectivity index (χ3n) is 3.48. The lowest BCUT2D eigenvalue weighted by Gasteiger charge is -2.21. The van der Waals surface area contributed by atoms with Crippen LogP contribution in [0.4, 0.5) is 5.69 Å². The van der Waals surface area contributed by atoms with Crippen LogP contribution in [0.1, 0.15) is 19.4 Å². The largest absolute Gasteiger partial charge is 0.507 e. The second kappa shape index (κ2) is 7.39. The van der Waals surface area contributed by atoms with E-state index in [1.807, 2.05) is 19.9 Å². The Morgan fingerprint density at radius 1 is 1.48 bits per heavy atom. The first-order valence-corrected chi connectivity index (χ1v) is 7.30. The molecule has 2 rings (SSSR count). The lowest BCUT2D eigenvalue weighted by molar-refractivity contribution is -0.131. The molecule has 0 radical (unpaired) electrons. The van der Waals surface area contributed by atoms with E-state index in [2.05, 4.69) is 26.0 Å². The molecule has 0 bridgehead atoms. The van der Waals surface area contributed by atoms with E-state index >= 15 is 0 Å². The quantitative estimate of drug-likeness (QED) is 0.401. The molecule has 1 aliphatic heterocycles. The van der Waals surface area contributed by atoms with Crippen LogP contribution < -0.4 is 15.8 Å². The number of benzene rings is 1. The fraction of sp³-hybridized carbons (Fsp3) is 0.333. The second-order valence-electron chi connectivity index (χ2n) is 4.88. The summed E-state index contributed by atoms with van der Waals surface area (Å²) in [6.07, 6.45) is 2.53. The van der Waals surface area contributed by atoms with Crippen molar-refractivity contribution in [2.24, 2.45) is 16.1 Å². The minimum atomic E-state index is -0.981. The van der Waals surface area contributed by atoms with E-state index in [1.165, 1.54) is 12.4 Å². The minimum absolute atomic E-state index is 0.0626. The molecule has 0 saturated carbocycles. The molecule has 2 amide bonds. The molecule has 0 saturated heterocycles. The summed E-state index contributed by atoms with van der Waals surface area (Å²) in [5, 5.41) is 17.3. The standard InChI is InChI=1S/C15H19N5O3/c1-3-20(4-2)11-6-5-10(13(21)7-11)8-16-18-14(22)12-9-17-19-15(12)23/h5-9,12,21H,3-4H2,1-2H3,(H,18,22)(H,19,23)/b16-8-/t12-/m0/s1. The van der Waals surface area contributed by atoms with Gasteiger partial charge in [0.2, 0.25) is 0 Å². The molecule has 8 nitrogen and oxygen atoms in total. The molecule has 0 fully saturated rings. The van der Waals surface area contributed by atoms with Crippen LogP contribution in [0.25, 0.3) is 0 Å². The van der Waals surface area contributed by atoms with E-state index in [-0.39, 0.29) is 5.75 Å². The molecule has 0 unspecified atom stereocenters. The van der Waals surface area contributed by atoms with Crippen LogP contribution in [-0.2, 0) is 9.59 Å². The van der Waals surface area contributed by atoms with Crippen molar-refractivity contribution in [3.63, 3.8) is 0 Å². The molecule has 1 atom stereocenters. The third-order valence-corrected chi connectivity index (χ3v) is 3.48. The van der Waals surface area contributed by atoms with Crippen LogP contribution >= 0.6 is 0 Å². The number of hydrogen-bond acceptors (Lipinski definition) is 6. The maximum Gasteiger partial charge on any atom is 0.258 e. The van der Waals surface area contributed by atoms with Gasteiger partial charge in [0, 0.05) is 36.6 Å². The average molecular weight is 317 g/mol. The Balaban J connectivity index is 2.01. The summed E-state index contributed by atoms with van der Waals surface area (Å²) in [6, 6.07) is 5.22. The first kappa shape index (κ1) is 16.5. The molecule has 1 aromatic rings. The van der Waals surface area contributed by atoms with E-state index in [1.54, 1.807) is 12.1 Å². The zero-order valence-electron chi connectivity index (χ0n) is 13.0. The number of amides is 2. The van der Waals surface area contributed by atoms with E-state index in [0.717, 1.165) is 18.8 Å². The molecule has 1 heterocycles. The summed E-state index contributed by atoms with van der Waals surface area (Å²) >= 11 is 0. The Labute approximate surface area is 133 Å². The summed E-state index contributed by atoms with van der Waals surface area (Å²) in [4.78, 5) is 25.1. The monoisotopic (exact) mass is 317 g/mol. The van der Waals surface area contributed by atoms with E-state index in [0.29, 0.717) is 5.56 Å². The van der Waals surface area contributed by atoms with Crippen LogP contribution in [0.5, 0.6) is 5.75 Å². The lowest BCUT2D eigenvalue weighted by atomic mass is 10.1. The Kier molecular flexibility index (Phi) is 5.29. The van der Waals surface area contributed by atoms with Gasteiger partial charge in [0.25, 0.3) is 11.8 Å². The van der Waals surface area contributed by atoms with Crippen LogP contribution in [0.3, 0.4) is 0 Å². The van der Waals surface area contributed by atoms with Gasteiger partial charge in [0.15, 0.2) is 5.92 Å². The SMILES string of the molecule is CCN(CC)c1ccc(/C=N\NC(=O)[C@@H]2C=NNC2=O)c(O)c1. The van der Waals surface area contributed by atoms with Crippen molar-refractivity contribution < 1.29 is 14.7 Å². The number of phenols is 1. The van der Waals surface area contributed by atoms with Crippen molar-refractivity contribution >= 4 is 29.9 Å². The number of rotatable bonds is 6. The number of nitrogens with zero attached hydrogens (tertiary/aromatic N) is 3. The molecule has 0 aliphatic carbocycles. The smallest absolute Gasteiger partial charge is 0.258 e. The van der Waals surface area contributed by atoms with Crippen molar-refractivity contribution in [3.8, 4) is 5.75 Å². The van der Waals surface area contributed by atoms with E-state index < -0.39 is 17.7 Å². The van der Waals surface area contributed by atoms with Gasteiger partial charge in [0.1, 0.15) is 5.75 Å². The van der Waals surface area contributed by atoms with Crippen molar-refractivity contribution in [1.29, 1.82) is 0 Å². The normalized spacial score (nSPS) is 16.6. The highest BCUT2D eigenvalue weighted by Crippen LogP contribution is 2.23. The zero-order chi connectivity index (χ0) is 16.8. The summed E-state index contributed by atoms with van der Waals surface area (Å²) in [6.45, 7) is 5.75. The van der Waals surface area contributed by atoms with Crippen molar-refractivity contribution in [2.45, 2.75) is 13.8 Å². The van der Waals surface area contributed by atoms with Gasteiger partial charge < -0.3 is 10.0 Å². The molecule has 8 heteroatoms. The lowest BCUT2D eigenvalue weighted by Crippen LogP contribution is -2.34. The van der Waals surface area contributed by atoms with E-state index in [9.17, 15) is 14.7 Å². The number of hydrogen-bond donors (Lipinski definition) is 3. The summed E-state index contributed by atoms with van der Waals surface area (Å²) in [5.41, 5.74) is 5.79. The molecule has 122 valence electrons. The Morgan fingerprint density at radius 2 is 2.22 bits per heavy atom. The Bertz CT molecular complexity index is 653. The highest BCUT2D eigenvalue weighted by atomic mass is 16.3. The second-order valence-corrected chi connectivity index (χ2v) is 4.88.